The highest BCUT2D eigenvalue weighted by Gasteiger charge is 2.38. The average Bonchev–Trinajstić information content (AvgIpc) is 3.50. The summed E-state index contributed by atoms with van der Waals surface area (Å²) in [5, 5.41) is 6.77. The van der Waals surface area contributed by atoms with Crippen molar-refractivity contribution in [2.45, 2.75) is 37.8 Å². The maximum atomic E-state index is 13.6. The van der Waals surface area contributed by atoms with E-state index in [1.807, 2.05) is 37.5 Å². The van der Waals surface area contributed by atoms with Crippen molar-refractivity contribution in [3.63, 3.8) is 0 Å². The summed E-state index contributed by atoms with van der Waals surface area (Å²) in [6.07, 6.45) is 6.31. The van der Waals surface area contributed by atoms with Crippen LogP contribution in [0.15, 0.2) is 59.9 Å². The van der Waals surface area contributed by atoms with Crippen molar-refractivity contribution in [1.29, 1.82) is 0 Å². The molecule has 0 saturated carbocycles. The van der Waals surface area contributed by atoms with Gasteiger partial charge in [-0.3, -0.25) is 5.10 Å². The van der Waals surface area contributed by atoms with Gasteiger partial charge in [0.05, 0.1) is 27.8 Å². The van der Waals surface area contributed by atoms with Gasteiger partial charge in [0.15, 0.2) is 0 Å². The van der Waals surface area contributed by atoms with Crippen molar-refractivity contribution < 1.29 is 12.8 Å². The second-order valence-electron chi connectivity index (χ2n) is 8.49. The van der Waals surface area contributed by atoms with Crippen LogP contribution < -0.4 is 0 Å². The van der Waals surface area contributed by atoms with E-state index in [0.717, 1.165) is 28.7 Å². The van der Waals surface area contributed by atoms with Crippen molar-refractivity contribution in [1.82, 2.24) is 24.1 Å². The molecule has 0 aliphatic carbocycles. The van der Waals surface area contributed by atoms with Crippen molar-refractivity contribution >= 4 is 21.1 Å². The Balaban J connectivity index is 1.36. The van der Waals surface area contributed by atoms with Crippen LogP contribution in [0, 0.1) is 18.7 Å². The van der Waals surface area contributed by atoms with Crippen molar-refractivity contribution in [2.24, 2.45) is 5.92 Å². The molecule has 32 heavy (non-hydrogen) atoms. The lowest BCUT2D eigenvalue weighted by Crippen LogP contribution is -2.34. The number of fused-ring (bicyclic) bond motifs is 1. The maximum absolute atomic E-state index is 13.6. The molecular weight excluding hydrogens is 429 g/mol. The summed E-state index contributed by atoms with van der Waals surface area (Å²) in [4.78, 5) is 4.86. The second-order valence-corrected chi connectivity index (χ2v) is 10.4. The fourth-order valence-corrected chi connectivity index (χ4v) is 6.36. The van der Waals surface area contributed by atoms with Gasteiger partial charge >= 0.3 is 0 Å². The summed E-state index contributed by atoms with van der Waals surface area (Å²) in [7, 11) is -3.68. The number of halogens is 1. The van der Waals surface area contributed by atoms with Crippen LogP contribution in [0.1, 0.15) is 18.9 Å². The molecule has 0 unspecified atom stereocenters. The fraction of sp³-hybridized carbons (Fsp3) is 0.304. The van der Waals surface area contributed by atoms with E-state index < -0.39 is 15.8 Å². The number of aromatic nitrogens is 4. The van der Waals surface area contributed by atoms with Crippen LogP contribution in [0.25, 0.3) is 22.3 Å². The quantitative estimate of drug-likeness (QED) is 0.496. The molecule has 1 saturated heterocycles. The van der Waals surface area contributed by atoms with E-state index in [-0.39, 0.29) is 16.9 Å². The lowest BCUT2D eigenvalue weighted by atomic mass is 10.1. The van der Waals surface area contributed by atoms with Crippen LogP contribution in [0.5, 0.6) is 0 Å². The largest absolute Gasteiger partial charge is 0.346 e. The van der Waals surface area contributed by atoms with Crippen LogP contribution in [-0.2, 0) is 16.6 Å². The summed E-state index contributed by atoms with van der Waals surface area (Å²) in [6.45, 7) is 4.64. The van der Waals surface area contributed by atoms with Gasteiger partial charge in [-0.05, 0) is 68.1 Å². The summed E-state index contributed by atoms with van der Waals surface area (Å²) >= 11 is 0. The number of nitrogens with one attached hydrogen (secondary N) is 1. The molecule has 7 nitrogen and oxygen atoms in total. The zero-order chi connectivity index (χ0) is 22.5. The van der Waals surface area contributed by atoms with E-state index in [9.17, 15) is 12.8 Å². The molecule has 1 aromatic carbocycles. The predicted molar refractivity (Wildman–Crippen MR) is 120 cm³/mol. The molecule has 0 spiro atoms. The van der Waals surface area contributed by atoms with Gasteiger partial charge < -0.3 is 4.57 Å². The third-order valence-electron chi connectivity index (χ3n) is 6.21. The number of hydrogen-bond donors (Lipinski definition) is 1. The molecule has 0 bridgehead atoms. The average molecular weight is 454 g/mol. The number of H-pyrrole nitrogens is 1. The fourth-order valence-electron chi connectivity index (χ4n) is 4.55. The Kier molecular flexibility index (Phi) is 5.10. The molecular formula is C23H24FN5O2S. The van der Waals surface area contributed by atoms with Crippen LogP contribution in [-0.4, -0.2) is 45.1 Å². The van der Waals surface area contributed by atoms with Gasteiger partial charge in [0.25, 0.3) is 0 Å². The van der Waals surface area contributed by atoms with Gasteiger partial charge in [-0.25, -0.2) is 17.8 Å². The second kappa shape index (κ2) is 7.83. The molecule has 1 aliphatic rings. The first-order valence-corrected chi connectivity index (χ1v) is 12.0. The molecule has 0 amide bonds. The Morgan fingerprint density at radius 3 is 2.81 bits per heavy atom. The molecule has 1 aliphatic heterocycles. The van der Waals surface area contributed by atoms with Crippen molar-refractivity contribution in [3.05, 3.63) is 66.4 Å². The van der Waals surface area contributed by atoms with Gasteiger partial charge in [-0.1, -0.05) is 0 Å². The van der Waals surface area contributed by atoms with Crippen molar-refractivity contribution in [2.75, 3.05) is 6.54 Å². The smallest absolute Gasteiger partial charge is 0.243 e. The highest BCUT2D eigenvalue weighted by Crippen LogP contribution is 2.32. The van der Waals surface area contributed by atoms with Crippen LogP contribution in [0.3, 0.4) is 0 Å². The Hall–Kier alpha value is -3.04. The number of sulfonamides is 1. The summed E-state index contributed by atoms with van der Waals surface area (Å²) < 4.78 is 43.7. The third kappa shape index (κ3) is 3.61. The van der Waals surface area contributed by atoms with Crippen LogP contribution >= 0.6 is 0 Å². The first kappa shape index (κ1) is 20.8. The minimum Gasteiger partial charge on any atom is -0.346 e. The highest BCUT2D eigenvalue weighted by molar-refractivity contribution is 7.89. The number of aromatic amines is 1. The van der Waals surface area contributed by atoms with Crippen molar-refractivity contribution in [3.8, 4) is 11.3 Å². The summed E-state index contributed by atoms with van der Waals surface area (Å²) in [5.74, 6) is -0.231. The molecule has 2 atom stereocenters. The molecule has 1 fully saturated rings. The van der Waals surface area contributed by atoms with E-state index >= 15 is 0 Å². The standard InChI is InChI=1S/C23H24FN5O2S/c1-15-9-19(3-4-20(15)24)32(30,31)29-14-17(10-16(29)2)13-28-8-7-22-23(28)6-5-21(27-22)18-11-25-26-12-18/h3-9,11-12,16-17H,10,13-14H2,1-2H3,(H,25,26)/t16-,17-/m0/s1. The lowest BCUT2D eigenvalue weighted by Gasteiger charge is -2.21. The number of benzene rings is 1. The first-order chi connectivity index (χ1) is 15.3. The number of rotatable bonds is 5. The minimum atomic E-state index is -3.68. The minimum absolute atomic E-state index is 0.122. The van der Waals surface area contributed by atoms with E-state index in [1.165, 1.54) is 18.2 Å². The number of hydrogen-bond acceptors (Lipinski definition) is 4. The summed E-state index contributed by atoms with van der Waals surface area (Å²) in [5.41, 5.74) is 4.02. The van der Waals surface area contributed by atoms with Gasteiger partial charge in [0.2, 0.25) is 10.0 Å². The Morgan fingerprint density at radius 1 is 1.22 bits per heavy atom. The molecule has 1 N–H and O–H groups in total. The predicted octanol–water partition coefficient (Wildman–Crippen LogP) is 3.97. The third-order valence-corrected chi connectivity index (χ3v) is 8.19. The SMILES string of the molecule is Cc1cc(S(=O)(=O)N2C[C@H](Cn3ccc4nc(-c5cn[nH]c5)ccc43)C[C@@H]2C)ccc1F. The molecule has 4 aromatic rings. The maximum Gasteiger partial charge on any atom is 0.243 e. The number of aryl methyl sites for hydroxylation is 1. The molecule has 9 heteroatoms. The van der Waals surface area contributed by atoms with Gasteiger partial charge in [0.1, 0.15) is 5.82 Å². The van der Waals surface area contributed by atoms with Crippen LogP contribution in [0.2, 0.25) is 0 Å². The zero-order valence-corrected chi connectivity index (χ0v) is 18.7. The number of nitrogens with zero attached hydrogens (tertiary/aromatic N) is 4. The number of pyridine rings is 1. The normalized spacial score (nSPS) is 19.7. The van der Waals surface area contributed by atoms with E-state index in [2.05, 4.69) is 14.8 Å². The van der Waals surface area contributed by atoms with E-state index in [4.69, 9.17) is 4.98 Å². The molecule has 0 radical (unpaired) electrons. The van der Waals surface area contributed by atoms with Crippen LogP contribution in [0.4, 0.5) is 4.39 Å². The first-order valence-electron chi connectivity index (χ1n) is 10.6. The molecule has 166 valence electrons. The monoisotopic (exact) mass is 453 g/mol. The van der Waals surface area contributed by atoms with Gasteiger partial charge in [0, 0.05) is 37.1 Å². The molecule has 4 heterocycles. The Labute approximate surface area is 185 Å². The Morgan fingerprint density at radius 2 is 2.06 bits per heavy atom. The van der Waals surface area contributed by atoms with E-state index in [0.29, 0.717) is 18.7 Å². The van der Waals surface area contributed by atoms with Gasteiger partial charge in [-0.15, -0.1) is 0 Å². The molecule has 5 rings (SSSR count). The lowest BCUT2D eigenvalue weighted by molar-refractivity contribution is 0.399. The van der Waals surface area contributed by atoms with E-state index in [1.54, 1.807) is 17.4 Å². The summed E-state index contributed by atoms with van der Waals surface area (Å²) in [6, 6.07) is 9.84. The molecule has 3 aromatic heterocycles. The Bertz CT molecular complexity index is 1380. The highest BCUT2D eigenvalue weighted by atomic mass is 32.2. The zero-order valence-electron chi connectivity index (χ0n) is 17.9. The topological polar surface area (TPSA) is 83.9 Å². The van der Waals surface area contributed by atoms with Gasteiger partial charge in [-0.2, -0.15) is 9.40 Å².